The SMILES string of the molecule is O=C1COCC(=O)N1C[C@@H]1CCNC1. The van der Waals surface area contributed by atoms with E-state index in [2.05, 4.69) is 5.32 Å². The summed E-state index contributed by atoms with van der Waals surface area (Å²) in [7, 11) is 0. The van der Waals surface area contributed by atoms with Crippen LogP contribution in [0, 0.1) is 5.92 Å². The summed E-state index contributed by atoms with van der Waals surface area (Å²) in [6, 6.07) is 0. The van der Waals surface area contributed by atoms with Crippen molar-refractivity contribution in [3.05, 3.63) is 0 Å². The van der Waals surface area contributed by atoms with E-state index in [1.165, 1.54) is 4.90 Å². The van der Waals surface area contributed by atoms with E-state index in [1.807, 2.05) is 0 Å². The molecule has 0 unspecified atom stereocenters. The lowest BCUT2D eigenvalue weighted by Gasteiger charge is -2.26. The molecule has 2 saturated heterocycles. The lowest BCUT2D eigenvalue weighted by molar-refractivity contribution is -0.159. The fourth-order valence-corrected chi connectivity index (χ4v) is 1.85. The van der Waals surface area contributed by atoms with Gasteiger partial charge >= 0.3 is 0 Å². The lowest BCUT2D eigenvalue weighted by atomic mass is 10.1. The molecular weight excluding hydrogens is 184 g/mol. The molecule has 0 aromatic carbocycles. The van der Waals surface area contributed by atoms with Gasteiger partial charge in [-0.3, -0.25) is 14.5 Å². The van der Waals surface area contributed by atoms with E-state index in [9.17, 15) is 9.59 Å². The number of hydrogen-bond donors (Lipinski definition) is 1. The first-order valence-corrected chi connectivity index (χ1v) is 4.89. The summed E-state index contributed by atoms with van der Waals surface area (Å²) in [6.07, 6.45) is 1.04. The van der Waals surface area contributed by atoms with E-state index in [0.29, 0.717) is 12.5 Å². The average Bonchev–Trinajstić information content (AvgIpc) is 2.64. The van der Waals surface area contributed by atoms with Crippen molar-refractivity contribution in [3.8, 4) is 0 Å². The molecule has 0 saturated carbocycles. The Morgan fingerprint density at radius 2 is 2.07 bits per heavy atom. The van der Waals surface area contributed by atoms with Gasteiger partial charge < -0.3 is 10.1 Å². The molecule has 2 heterocycles. The molecule has 0 bridgehead atoms. The Labute approximate surface area is 82.4 Å². The summed E-state index contributed by atoms with van der Waals surface area (Å²) in [5, 5.41) is 3.21. The fraction of sp³-hybridized carbons (Fsp3) is 0.778. The zero-order valence-electron chi connectivity index (χ0n) is 7.99. The van der Waals surface area contributed by atoms with E-state index < -0.39 is 0 Å². The molecule has 2 fully saturated rings. The predicted octanol–water partition coefficient (Wildman–Crippen LogP) is -1.02. The molecule has 1 N–H and O–H groups in total. The van der Waals surface area contributed by atoms with Crippen molar-refractivity contribution in [1.29, 1.82) is 0 Å². The molecule has 0 aromatic heterocycles. The zero-order valence-corrected chi connectivity index (χ0v) is 7.99. The highest BCUT2D eigenvalue weighted by atomic mass is 16.5. The summed E-state index contributed by atoms with van der Waals surface area (Å²) in [5.41, 5.74) is 0. The first-order chi connectivity index (χ1) is 6.77. The van der Waals surface area contributed by atoms with Crippen LogP contribution in [0.3, 0.4) is 0 Å². The second-order valence-electron chi connectivity index (χ2n) is 3.75. The van der Waals surface area contributed by atoms with Crippen molar-refractivity contribution in [1.82, 2.24) is 10.2 Å². The normalized spacial score (nSPS) is 28.6. The second-order valence-corrected chi connectivity index (χ2v) is 3.75. The van der Waals surface area contributed by atoms with Gasteiger partial charge in [-0.05, 0) is 25.4 Å². The molecule has 0 spiro atoms. The number of nitrogens with one attached hydrogen (secondary N) is 1. The van der Waals surface area contributed by atoms with Crippen LogP contribution in [-0.2, 0) is 14.3 Å². The van der Waals surface area contributed by atoms with Crippen LogP contribution >= 0.6 is 0 Å². The molecule has 2 aliphatic rings. The fourth-order valence-electron chi connectivity index (χ4n) is 1.85. The number of morpholine rings is 1. The molecule has 1 atom stereocenters. The van der Waals surface area contributed by atoms with Gasteiger partial charge in [-0.2, -0.15) is 0 Å². The Morgan fingerprint density at radius 1 is 1.36 bits per heavy atom. The Balaban J connectivity index is 1.93. The molecule has 5 nitrogen and oxygen atoms in total. The van der Waals surface area contributed by atoms with E-state index in [4.69, 9.17) is 4.74 Å². The van der Waals surface area contributed by atoms with Crippen LogP contribution < -0.4 is 5.32 Å². The first-order valence-electron chi connectivity index (χ1n) is 4.89. The highest BCUT2D eigenvalue weighted by molar-refractivity contribution is 5.98. The number of carbonyl (C=O) groups excluding carboxylic acids is 2. The van der Waals surface area contributed by atoms with Gasteiger partial charge in [-0.1, -0.05) is 0 Å². The average molecular weight is 198 g/mol. The van der Waals surface area contributed by atoms with E-state index >= 15 is 0 Å². The molecule has 78 valence electrons. The Morgan fingerprint density at radius 3 is 2.64 bits per heavy atom. The van der Waals surface area contributed by atoms with Crippen molar-refractivity contribution in [2.75, 3.05) is 32.8 Å². The van der Waals surface area contributed by atoms with Crippen molar-refractivity contribution >= 4 is 11.8 Å². The van der Waals surface area contributed by atoms with Crippen LogP contribution in [0.15, 0.2) is 0 Å². The number of imide groups is 1. The van der Waals surface area contributed by atoms with Crippen molar-refractivity contribution in [2.45, 2.75) is 6.42 Å². The number of rotatable bonds is 2. The molecule has 2 rings (SSSR count). The largest absolute Gasteiger partial charge is 0.362 e. The maximum absolute atomic E-state index is 11.4. The second kappa shape index (κ2) is 4.06. The summed E-state index contributed by atoms with van der Waals surface area (Å²) >= 11 is 0. The first kappa shape index (κ1) is 9.61. The standard InChI is InChI=1S/C9H14N2O3/c12-8-5-14-6-9(13)11(8)4-7-1-2-10-3-7/h7,10H,1-6H2/t7-/m1/s1. The van der Waals surface area contributed by atoms with Crippen LogP contribution in [0.4, 0.5) is 0 Å². The number of carbonyl (C=O) groups is 2. The van der Waals surface area contributed by atoms with Crippen LogP contribution in [-0.4, -0.2) is 49.6 Å². The third-order valence-corrected chi connectivity index (χ3v) is 2.66. The van der Waals surface area contributed by atoms with Gasteiger partial charge in [0.05, 0.1) is 0 Å². The quantitative estimate of drug-likeness (QED) is 0.577. The molecule has 14 heavy (non-hydrogen) atoms. The van der Waals surface area contributed by atoms with Gasteiger partial charge in [0.1, 0.15) is 13.2 Å². The summed E-state index contributed by atoms with van der Waals surface area (Å²) in [6.45, 7) is 2.53. The molecule has 2 aliphatic heterocycles. The Hall–Kier alpha value is -0.940. The van der Waals surface area contributed by atoms with Crippen LogP contribution in [0.25, 0.3) is 0 Å². The minimum atomic E-state index is -0.201. The van der Waals surface area contributed by atoms with Gasteiger partial charge in [-0.25, -0.2) is 0 Å². The van der Waals surface area contributed by atoms with Gasteiger partial charge in [0, 0.05) is 6.54 Å². The third kappa shape index (κ3) is 1.93. The highest BCUT2D eigenvalue weighted by Gasteiger charge is 2.29. The van der Waals surface area contributed by atoms with E-state index in [0.717, 1.165) is 19.5 Å². The monoisotopic (exact) mass is 198 g/mol. The van der Waals surface area contributed by atoms with Gasteiger partial charge in [0.15, 0.2) is 0 Å². The number of nitrogens with zero attached hydrogens (tertiary/aromatic N) is 1. The minimum Gasteiger partial charge on any atom is -0.362 e. The zero-order chi connectivity index (χ0) is 9.97. The van der Waals surface area contributed by atoms with E-state index in [1.54, 1.807) is 0 Å². The topological polar surface area (TPSA) is 58.6 Å². The van der Waals surface area contributed by atoms with Gasteiger partial charge in [0.25, 0.3) is 11.8 Å². The summed E-state index contributed by atoms with van der Waals surface area (Å²) < 4.78 is 4.83. The molecule has 5 heteroatoms. The maximum atomic E-state index is 11.4. The number of ether oxygens (including phenoxy) is 1. The molecule has 0 aromatic rings. The van der Waals surface area contributed by atoms with Crippen molar-refractivity contribution in [2.24, 2.45) is 5.92 Å². The summed E-state index contributed by atoms with van der Waals surface area (Å²) in [5.74, 6) is 0.0160. The molecule has 0 aliphatic carbocycles. The van der Waals surface area contributed by atoms with Gasteiger partial charge in [-0.15, -0.1) is 0 Å². The summed E-state index contributed by atoms with van der Waals surface area (Å²) in [4.78, 5) is 24.0. The number of amides is 2. The predicted molar refractivity (Wildman–Crippen MR) is 48.5 cm³/mol. The molecule has 0 radical (unpaired) electrons. The Bertz CT molecular complexity index is 232. The smallest absolute Gasteiger partial charge is 0.255 e. The van der Waals surface area contributed by atoms with Crippen molar-refractivity contribution in [3.63, 3.8) is 0 Å². The molecular formula is C9H14N2O3. The van der Waals surface area contributed by atoms with Crippen LogP contribution in [0.1, 0.15) is 6.42 Å². The third-order valence-electron chi connectivity index (χ3n) is 2.66. The van der Waals surface area contributed by atoms with Crippen LogP contribution in [0.2, 0.25) is 0 Å². The highest BCUT2D eigenvalue weighted by Crippen LogP contribution is 2.12. The van der Waals surface area contributed by atoms with Crippen LogP contribution in [0.5, 0.6) is 0 Å². The number of hydrogen-bond acceptors (Lipinski definition) is 4. The van der Waals surface area contributed by atoms with E-state index in [-0.39, 0.29) is 25.0 Å². The minimum absolute atomic E-state index is 0.0475. The molecule has 2 amide bonds. The lowest BCUT2D eigenvalue weighted by Crippen LogP contribution is -2.48. The van der Waals surface area contributed by atoms with Crippen molar-refractivity contribution < 1.29 is 14.3 Å². The van der Waals surface area contributed by atoms with Gasteiger partial charge in [0.2, 0.25) is 0 Å². The maximum Gasteiger partial charge on any atom is 0.255 e. The Kier molecular flexibility index (Phi) is 2.79.